The molecule has 2 aromatic carbocycles. The van der Waals surface area contributed by atoms with Crippen molar-refractivity contribution in [3.8, 4) is 11.5 Å². The minimum Gasteiger partial charge on any atom is -0.497 e. The fraction of sp³-hybridized carbons (Fsp3) is 0.429. The van der Waals surface area contributed by atoms with E-state index in [4.69, 9.17) is 14.6 Å². The third-order valence-corrected chi connectivity index (χ3v) is 6.51. The van der Waals surface area contributed by atoms with E-state index in [0.717, 1.165) is 38.2 Å². The molecular formula is C21H28N2O5S. The highest BCUT2D eigenvalue weighted by molar-refractivity contribution is 7.89. The molecule has 0 radical (unpaired) electrons. The summed E-state index contributed by atoms with van der Waals surface area (Å²) in [4.78, 5) is 2.58. The van der Waals surface area contributed by atoms with Crippen molar-refractivity contribution in [3.63, 3.8) is 0 Å². The van der Waals surface area contributed by atoms with Gasteiger partial charge in [0.05, 0.1) is 18.6 Å². The first-order valence-electron chi connectivity index (χ1n) is 9.71. The van der Waals surface area contributed by atoms with Crippen LogP contribution in [0.25, 0.3) is 0 Å². The zero-order valence-corrected chi connectivity index (χ0v) is 17.4. The van der Waals surface area contributed by atoms with Gasteiger partial charge in [0.2, 0.25) is 10.0 Å². The van der Waals surface area contributed by atoms with Gasteiger partial charge in [0.25, 0.3) is 0 Å². The average Bonchev–Trinajstić information content (AvgIpc) is 2.74. The summed E-state index contributed by atoms with van der Waals surface area (Å²) in [5, 5.41) is 8.80. The third kappa shape index (κ3) is 6.17. The zero-order valence-electron chi connectivity index (χ0n) is 16.6. The summed E-state index contributed by atoms with van der Waals surface area (Å²) in [6.45, 7) is 2.77. The Morgan fingerprint density at radius 2 is 1.66 bits per heavy atom. The van der Waals surface area contributed by atoms with E-state index in [2.05, 4.69) is 9.62 Å². The number of nitrogens with one attached hydrogen (secondary N) is 1. The van der Waals surface area contributed by atoms with E-state index < -0.39 is 10.0 Å². The average molecular weight is 421 g/mol. The standard InChI is InChI=1S/C21H28N2O5S/c1-27-19-6-8-21(9-7-19)29(25,26)22-18-10-12-23(13-11-18)16-17-2-4-20(5-3-17)28-15-14-24/h2-9,18,22,24H,10-16H2,1H3. The minimum atomic E-state index is -3.53. The van der Waals surface area contributed by atoms with Crippen LogP contribution in [-0.2, 0) is 16.6 Å². The van der Waals surface area contributed by atoms with Gasteiger partial charge in [0.1, 0.15) is 18.1 Å². The molecule has 0 amide bonds. The molecule has 0 spiro atoms. The lowest BCUT2D eigenvalue weighted by Crippen LogP contribution is -2.44. The monoisotopic (exact) mass is 420 g/mol. The number of ether oxygens (including phenoxy) is 2. The maximum absolute atomic E-state index is 12.6. The van der Waals surface area contributed by atoms with Crippen LogP contribution in [0.15, 0.2) is 53.4 Å². The summed E-state index contributed by atoms with van der Waals surface area (Å²) in [6, 6.07) is 14.2. The fourth-order valence-electron chi connectivity index (χ4n) is 3.36. The maximum Gasteiger partial charge on any atom is 0.240 e. The first-order valence-corrected chi connectivity index (χ1v) is 11.2. The number of aliphatic hydroxyl groups excluding tert-OH is 1. The van der Waals surface area contributed by atoms with Crippen molar-refractivity contribution in [2.45, 2.75) is 30.3 Å². The van der Waals surface area contributed by atoms with Gasteiger partial charge in [-0.15, -0.1) is 0 Å². The Morgan fingerprint density at radius 1 is 1.03 bits per heavy atom. The van der Waals surface area contributed by atoms with Gasteiger partial charge in [-0.2, -0.15) is 0 Å². The smallest absolute Gasteiger partial charge is 0.240 e. The summed E-state index contributed by atoms with van der Waals surface area (Å²) < 4.78 is 38.5. The van der Waals surface area contributed by atoms with Crippen molar-refractivity contribution in [2.24, 2.45) is 0 Å². The molecule has 3 rings (SSSR count). The summed E-state index contributed by atoms with van der Waals surface area (Å²) in [6.07, 6.45) is 1.54. The molecule has 1 aliphatic heterocycles. The van der Waals surface area contributed by atoms with Gasteiger partial charge in [0.15, 0.2) is 0 Å². The lowest BCUT2D eigenvalue weighted by Gasteiger charge is -2.32. The van der Waals surface area contributed by atoms with E-state index in [-0.39, 0.29) is 17.5 Å². The van der Waals surface area contributed by atoms with Gasteiger partial charge < -0.3 is 14.6 Å². The topological polar surface area (TPSA) is 88.1 Å². The number of aliphatic hydroxyl groups is 1. The Kier molecular flexibility index (Phi) is 7.49. The van der Waals surface area contributed by atoms with Crippen LogP contribution < -0.4 is 14.2 Å². The van der Waals surface area contributed by atoms with E-state index in [1.807, 2.05) is 24.3 Å². The van der Waals surface area contributed by atoms with Gasteiger partial charge in [-0.05, 0) is 54.8 Å². The molecule has 0 unspecified atom stereocenters. The largest absolute Gasteiger partial charge is 0.497 e. The number of methoxy groups -OCH3 is 1. The van der Waals surface area contributed by atoms with Gasteiger partial charge in [-0.25, -0.2) is 13.1 Å². The Hall–Kier alpha value is -2.13. The number of nitrogens with zero attached hydrogens (tertiary/aromatic N) is 1. The Labute approximate surface area is 172 Å². The zero-order chi connectivity index (χ0) is 20.7. The molecule has 0 saturated carbocycles. The molecular weight excluding hydrogens is 392 g/mol. The highest BCUT2D eigenvalue weighted by Gasteiger charge is 2.24. The quantitative estimate of drug-likeness (QED) is 0.645. The second kappa shape index (κ2) is 10.1. The lowest BCUT2D eigenvalue weighted by molar-refractivity contribution is 0.198. The molecule has 0 atom stereocenters. The summed E-state index contributed by atoms with van der Waals surface area (Å²) in [7, 11) is -1.98. The molecule has 0 aliphatic carbocycles. The second-order valence-corrected chi connectivity index (χ2v) is 8.78. The number of piperidine rings is 1. The van der Waals surface area contributed by atoms with Crippen LogP contribution in [0.1, 0.15) is 18.4 Å². The van der Waals surface area contributed by atoms with Crippen molar-refractivity contribution in [2.75, 3.05) is 33.4 Å². The highest BCUT2D eigenvalue weighted by atomic mass is 32.2. The van der Waals surface area contributed by atoms with E-state index in [9.17, 15) is 8.42 Å². The molecule has 1 aliphatic rings. The Bertz CT molecular complexity index is 861. The van der Waals surface area contributed by atoms with Crippen molar-refractivity contribution in [1.29, 1.82) is 0 Å². The molecule has 8 heteroatoms. The van der Waals surface area contributed by atoms with E-state index in [0.29, 0.717) is 12.4 Å². The SMILES string of the molecule is COc1ccc(S(=O)(=O)NC2CCN(Cc3ccc(OCCO)cc3)CC2)cc1. The number of benzene rings is 2. The number of hydrogen-bond donors (Lipinski definition) is 2. The first-order chi connectivity index (χ1) is 14.0. The van der Waals surface area contributed by atoms with Crippen LogP contribution in [0, 0.1) is 0 Å². The van der Waals surface area contributed by atoms with Crippen molar-refractivity contribution >= 4 is 10.0 Å². The number of likely N-dealkylation sites (tertiary alicyclic amines) is 1. The Balaban J connectivity index is 1.48. The van der Waals surface area contributed by atoms with E-state index in [1.165, 1.54) is 5.56 Å². The van der Waals surface area contributed by atoms with Crippen LogP contribution in [0.2, 0.25) is 0 Å². The van der Waals surface area contributed by atoms with Crippen molar-refractivity contribution in [3.05, 3.63) is 54.1 Å². The van der Waals surface area contributed by atoms with E-state index >= 15 is 0 Å². The number of sulfonamides is 1. The normalized spacial score (nSPS) is 15.9. The van der Waals surface area contributed by atoms with Crippen LogP contribution >= 0.6 is 0 Å². The summed E-state index contributed by atoms with van der Waals surface area (Å²) >= 11 is 0. The van der Waals surface area contributed by atoms with Crippen LogP contribution in [0.5, 0.6) is 11.5 Å². The predicted octanol–water partition coefficient (Wildman–Crippen LogP) is 2.01. The van der Waals surface area contributed by atoms with Crippen LogP contribution in [-0.4, -0.2) is 57.9 Å². The minimum absolute atomic E-state index is 0.00108. The molecule has 1 heterocycles. The lowest BCUT2D eigenvalue weighted by atomic mass is 10.1. The highest BCUT2D eigenvalue weighted by Crippen LogP contribution is 2.20. The molecule has 2 aromatic rings. The first kappa shape index (κ1) is 21.6. The van der Waals surface area contributed by atoms with Crippen molar-refractivity contribution < 1.29 is 23.0 Å². The number of rotatable bonds is 9. The van der Waals surface area contributed by atoms with Crippen LogP contribution in [0.4, 0.5) is 0 Å². The van der Waals surface area contributed by atoms with Crippen molar-refractivity contribution in [1.82, 2.24) is 9.62 Å². The molecule has 0 aromatic heterocycles. The summed E-state index contributed by atoms with van der Waals surface area (Å²) in [5.74, 6) is 1.37. The third-order valence-electron chi connectivity index (χ3n) is 4.97. The van der Waals surface area contributed by atoms with Crippen LogP contribution in [0.3, 0.4) is 0 Å². The maximum atomic E-state index is 12.6. The molecule has 1 saturated heterocycles. The van der Waals surface area contributed by atoms with Gasteiger partial charge >= 0.3 is 0 Å². The van der Waals surface area contributed by atoms with Gasteiger partial charge in [0, 0.05) is 25.7 Å². The fourth-order valence-corrected chi connectivity index (χ4v) is 4.67. The molecule has 0 bridgehead atoms. The number of hydrogen-bond acceptors (Lipinski definition) is 6. The molecule has 2 N–H and O–H groups in total. The molecule has 1 fully saturated rings. The van der Waals surface area contributed by atoms with Gasteiger partial charge in [-0.1, -0.05) is 12.1 Å². The molecule has 29 heavy (non-hydrogen) atoms. The molecule has 158 valence electrons. The van der Waals surface area contributed by atoms with Gasteiger partial charge in [-0.3, -0.25) is 4.90 Å². The Morgan fingerprint density at radius 3 is 2.24 bits per heavy atom. The predicted molar refractivity (Wildman–Crippen MR) is 111 cm³/mol. The second-order valence-electron chi connectivity index (χ2n) is 7.06. The molecule has 7 nitrogen and oxygen atoms in total. The van der Waals surface area contributed by atoms with E-state index in [1.54, 1.807) is 31.4 Å². The summed E-state index contributed by atoms with van der Waals surface area (Å²) in [5.41, 5.74) is 1.18.